The number of amides is 1. The van der Waals surface area contributed by atoms with Crippen molar-refractivity contribution in [3.05, 3.63) is 23.2 Å². The van der Waals surface area contributed by atoms with Crippen LogP contribution in [0.15, 0.2) is 10.5 Å². The zero-order chi connectivity index (χ0) is 16.3. The maximum atomic E-state index is 12.2. The Labute approximate surface area is 131 Å². The summed E-state index contributed by atoms with van der Waals surface area (Å²) in [5.74, 6) is 0.881. The number of esters is 1. The Hall–Kier alpha value is -1.78. The smallest absolute Gasteiger partial charge is 0.342 e. The molecule has 1 aromatic heterocycles. The first-order chi connectivity index (χ1) is 10.4. The van der Waals surface area contributed by atoms with Gasteiger partial charge in [-0.3, -0.25) is 4.79 Å². The Kier molecular flexibility index (Phi) is 5.27. The highest BCUT2D eigenvalue weighted by Gasteiger charge is 2.27. The van der Waals surface area contributed by atoms with Gasteiger partial charge in [-0.25, -0.2) is 4.79 Å². The van der Waals surface area contributed by atoms with Crippen LogP contribution in [0.25, 0.3) is 0 Å². The van der Waals surface area contributed by atoms with Gasteiger partial charge in [0, 0.05) is 6.04 Å². The molecule has 0 spiro atoms. The van der Waals surface area contributed by atoms with Crippen molar-refractivity contribution in [2.75, 3.05) is 0 Å². The molecule has 2 rings (SSSR count). The van der Waals surface area contributed by atoms with E-state index in [1.807, 2.05) is 0 Å². The van der Waals surface area contributed by atoms with E-state index in [-0.39, 0.29) is 11.9 Å². The van der Waals surface area contributed by atoms with E-state index in [2.05, 4.69) is 12.2 Å². The predicted molar refractivity (Wildman–Crippen MR) is 82.6 cm³/mol. The molecule has 0 aromatic carbocycles. The van der Waals surface area contributed by atoms with Crippen LogP contribution in [0.5, 0.6) is 0 Å². The van der Waals surface area contributed by atoms with Gasteiger partial charge in [-0.05, 0) is 45.6 Å². The molecule has 1 aliphatic rings. The Bertz CT molecular complexity index is 549. The molecular formula is C17H25NO4. The quantitative estimate of drug-likeness (QED) is 0.868. The van der Waals surface area contributed by atoms with E-state index in [4.69, 9.17) is 9.15 Å². The van der Waals surface area contributed by atoms with Crippen molar-refractivity contribution in [2.24, 2.45) is 5.92 Å². The third-order valence-corrected chi connectivity index (χ3v) is 4.35. The lowest BCUT2D eigenvalue weighted by Gasteiger charge is -2.30. The molecule has 1 aliphatic carbocycles. The monoisotopic (exact) mass is 307 g/mol. The molecule has 0 unspecified atom stereocenters. The van der Waals surface area contributed by atoms with Gasteiger partial charge in [0.25, 0.3) is 5.91 Å². The molecule has 0 saturated heterocycles. The van der Waals surface area contributed by atoms with E-state index in [1.165, 1.54) is 6.42 Å². The van der Waals surface area contributed by atoms with Gasteiger partial charge in [-0.15, -0.1) is 0 Å². The van der Waals surface area contributed by atoms with Crippen LogP contribution >= 0.6 is 0 Å². The van der Waals surface area contributed by atoms with Crippen molar-refractivity contribution < 1.29 is 18.7 Å². The first-order valence-electron chi connectivity index (χ1n) is 7.97. The first-order valence-corrected chi connectivity index (χ1v) is 7.97. The van der Waals surface area contributed by atoms with Crippen molar-refractivity contribution in [1.29, 1.82) is 0 Å². The van der Waals surface area contributed by atoms with Crippen LogP contribution in [0.4, 0.5) is 0 Å². The molecule has 1 aromatic rings. The normalized spacial score (nSPS) is 22.9. The molecule has 1 saturated carbocycles. The molecule has 0 bridgehead atoms. The van der Waals surface area contributed by atoms with Gasteiger partial charge < -0.3 is 14.5 Å². The van der Waals surface area contributed by atoms with E-state index >= 15 is 0 Å². The highest BCUT2D eigenvalue weighted by atomic mass is 16.5. The van der Waals surface area contributed by atoms with Crippen molar-refractivity contribution >= 4 is 11.9 Å². The van der Waals surface area contributed by atoms with Crippen LogP contribution in [0.3, 0.4) is 0 Å². The highest BCUT2D eigenvalue weighted by Crippen LogP contribution is 2.24. The number of carbonyl (C=O) groups is 2. The van der Waals surface area contributed by atoms with Gasteiger partial charge in [-0.2, -0.15) is 0 Å². The second kappa shape index (κ2) is 6.99. The Morgan fingerprint density at radius 1 is 1.32 bits per heavy atom. The number of hydrogen-bond acceptors (Lipinski definition) is 4. The number of aryl methyl sites for hydroxylation is 2. The van der Waals surface area contributed by atoms with Gasteiger partial charge in [0.15, 0.2) is 6.10 Å². The third-order valence-electron chi connectivity index (χ3n) is 4.35. The number of nitrogens with one attached hydrogen (secondary N) is 1. The molecule has 122 valence electrons. The lowest BCUT2D eigenvalue weighted by atomic mass is 9.86. The molecule has 1 amide bonds. The molecule has 1 heterocycles. The van der Waals surface area contributed by atoms with Gasteiger partial charge >= 0.3 is 5.97 Å². The number of furan rings is 1. The summed E-state index contributed by atoms with van der Waals surface area (Å²) in [6.45, 7) is 7.23. The minimum Gasteiger partial charge on any atom is -0.466 e. The summed E-state index contributed by atoms with van der Waals surface area (Å²) in [6.07, 6.45) is 3.67. The van der Waals surface area contributed by atoms with Crippen LogP contribution < -0.4 is 5.32 Å². The van der Waals surface area contributed by atoms with Gasteiger partial charge in [0.2, 0.25) is 0 Å². The standard InChI is InChI=1S/C17H25NO4/c1-10-7-5-6-8-15(10)18-16(19)13(4)22-17(20)14-9-11(2)21-12(14)3/h9-10,13,15H,5-8H2,1-4H3,(H,18,19)/t10-,13+,15+/m0/s1. The summed E-state index contributed by atoms with van der Waals surface area (Å²) in [7, 11) is 0. The summed E-state index contributed by atoms with van der Waals surface area (Å²) in [5.41, 5.74) is 0.378. The molecular weight excluding hydrogens is 282 g/mol. The van der Waals surface area contributed by atoms with Gasteiger partial charge in [0.05, 0.1) is 0 Å². The second-order valence-corrected chi connectivity index (χ2v) is 6.25. The second-order valence-electron chi connectivity index (χ2n) is 6.25. The zero-order valence-corrected chi connectivity index (χ0v) is 13.8. The molecule has 0 aliphatic heterocycles. The van der Waals surface area contributed by atoms with E-state index in [9.17, 15) is 9.59 Å². The molecule has 1 N–H and O–H groups in total. The van der Waals surface area contributed by atoms with E-state index in [1.54, 1.807) is 26.8 Å². The van der Waals surface area contributed by atoms with Crippen molar-refractivity contribution in [2.45, 2.75) is 65.5 Å². The highest BCUT2D eigenvalue weighted by molar-refractivity contribution is 5.93. The Morgan fingerprint density at radius 3 is 2.59 bits per heavy atom. The fourth-order valence-corrected chi connectivity index (χ4v) is 2.94. The van der Waals surface area contributed by atoms with Crippen LogP contribution in [0.2, 0.25) is 0 Å². The lowest BCUT2D eigenvalue weighted by molar-refractivity contribution is -0.130. The fraction of sp³-hybridized carbons (Fsp3) is 0.647. The third kappa shape index (κ3) is 3.90. The van der Waals surface area contributed by atoms with E-state index in [0.717, 1.165) is 19.3 Å². The molecule has 3 atom stereocenters. The van der Waals surface area contributed by atoms with Crippen LogP contribution in [-0.2, 0) is 9.53 Å². The largest absolute Gasteiger partial charge is 0.466 e. The molecule has 5 nitrogen and oxygen atoms in total. The molecule has 0 radical (unpaired) electrons. The summed E-state index contributed by atoms with van der Waals surface area (Å²) in [5, 5.41) is 3.01. The van der Waals surface area contributed by atoms with Gasteiger partial charge in [-0.1, -0.05) is 19.8 Å². The van der Waals surface area contributed by atoms with Crippen molar-refractivity contribution in [3.63, 3.8) is 0 Å². The minimum absolute atomic E-state index is 0.181. The van der Waals surface area contributed by atoms with E-state index < -0.39 is 12.1 Å². The predicted octanol–water partition coefficient (Wildman–Crippen LogP) is 3.14. The molecule has 5 heteroatoms. The van der Waals surface area contributed by atoms with Crippen LogP contribution in [-0.4, -0.2) is 24.0 Å². The number of rotatable bonds is 4. The van der Waals surface area contributed by atoms with Gasteiger partial charge in [0.1, 0.15) is 17.1 Å². The average molecular weight is 307 g/mol. The fourth-order valence-electron chi connectivity index (χ4n) is 2.94. The van der Waals surface area contributed by atoms with Crippen molar-refractivity contribution in [1.82, 2.24) is 5.32 Å². The maximum Gasteiger partial charge on any atom is 0.342 e. The summed E-state index contributed by atoms with van der Waals surface area (Å²) < 4.78 is 10.6. The molecule has 1 fully saturated rings. The minimum atomic E-state index is -0.809. The Morgan fingerprint density at radius 2 is 2.00 bits per heavy atom. The van der Waals surface area contributed by atoms with Crippen LogP contribution in [0.1, 0.15) is 61.4 Å². The molecule has 22 heavy (non-hydrogen) atoms. The Balaban J connectivity index is 1.90. The summed E-state index contributed by atoms with van der Waals surface area (Å²) in [6, 6.07) is 1.81. The summed E-state index contributed by atoms with van der Waals surface area (Å²) >= 11 is 0. The number of hydrogen-bond donors (Lipinski definition) is 1. The maximum absolute atomic E-state index is 12.2. The zero-order valence-electron chi connectivity index (χ0n) is 13.8. The van der Waals surface area contributed by atoms with E-state index in [0.29, 0.717) is 23.0 Å². The topological polar surface area (TPSA) is 68.5 Å². The number of carbonyl (C=O) groups excluding carboxylic acids is 2. The number of ether oxygens (including phenoxy) is 1. The average Bonchev–Trinajstić information content (AvgIpc) is 2.80. The first kappa shape index (κ1) is 16.6. The van der Waals surface area contributed by atoms with Crippen molar-refractivity contribution in [3.8, 4) is 0 Å². The lowest BCUT2D eigenvalue weighted by Crippen LogP contribution is -2.46. The SMILES string of the molecule is Cc1cc(C(=O)O[C@H](C)C(=O)N[C@@H]2CCCC[C@@H]2C)c(C)o1. The van der Waals surface area contributed by atoms with Crippen LogP contribution in [0, 0.1) is 19.8 Å². The summed E-state index contributed by atoms with van der Waals surface area (Å²) in [4.78, 5) is 24.3.